The van der Waals surface area contributed by atoms with Crippen LogP contribution in [0.15, 0.2) is 12.3 Å². The summed E-state index contributed by atoms with van der Waals surface area (Å²) < 4.78 is 5.33. The van der Waals surface area contributed by atoms with Gasteiger partial charge < -0.3 is 4.74 Å². The fourth-order valence-electron chi connectivity index (χ4n) is 1.77. The Kier molecular flexibility index (Phi) is 2.41. The highest BCUT2D eigenvalue weighted by atomic mass is 16.5. The van der Waals surface area contributed by atoms with Crippen molar-refractivity contribution in [3.05, 3.63) is 23.4 Å². The van der Waals surface area contributed by atoms with Crippen molar-refractivity contribution in [2.75, 3.05) is 7.11 Å². The number of fused-ring (bicyclic) bond motifs is 1. The molecule has 0 spiro atoms. The molecule has 0 saturated heterocycles. The predicted molar refractivity (Wildman–Crippen MR) is 57.4 cm³/mol. The number of nitrogens with one attached hydrogen (secondary N) is 1. The van der Waals surface area contributed by atoms with Crippen LogP contribution in [-0.2, 0) is 6.42 Å². The van der Waals surface area contributed by atoms with Gasteiger partial charge in [0, 0.05) is 5.56 Å². The first-order chi connectivity index (χ1) is 7.31. The van der Waals surface area contributed by atoms with Gasteiger partial charge in [0.05, 0.1) is 24.2 Å². The molecule has 0 aliphatic carbocycles. The minimum Gasteiger partial charge on any atom is -0.496 e. The van der Waals surface area contributed by atoms with E-state index in [2.05, 4.69) is 10.2 Å². The summed E-state index contributed by atoms with van der Waals surface area (Å²) in [5.74, 6) is 0.798. The van der Waals surface area contributed by atoms with E-state index in [1.54, 1.807) is 13.3 Å². The topological polar surface area (TPSA) is 55.0 Å². The number of nitrogens with zero attached hydrogens (tertiary/aromatic N) is 1. The van der Waals surface area contributed by atoms with Crippen LogP contribution in [0.3, 0.4) is 0 Å². The molecule has 4 nitrogen and oxygen atoms in total. The SMILES string of the molecule is CCc1cc(C=O)c2[nH]ncc2c1OC. The minimum absolute atomic E-state index is 0.625. The average molecular weight is 204 g/mol. The zero-order valence-corrected chi connectivity index (χ0v) is 8.70. The van der Waals surface area contributed by atoms with E-state index in [1.165, 1.54) is 0 Å². The van der Waals surface area contributed by atoms with Crippen molar-refractivity contribution >= 4 is 17.2 Å². The highest BCUT2D eigenvalue weighted by molar-refractivity contribution is 5.99. The van der Waals surface area contributed by atoms with E-state index >= 15 is 0 Å². The second kappa shape index (κ2) is 3.73. The third-order valence-corrected chi connectivity index (χ3v) is 2.51. The number of aromatic amines is 1. The van der Waals surface area contributed by atoms with E-state index < -0.39 is 0 Å². The summed E-state index contributed by atoms with van der Waals surface area (Å²) in [5, 5.41) is 7.59. The van der Waals surface area contributed by atoms with E-state index in [1.807, 2.05) is 13.0 Å². The van der Waals surface area contributed by atoms with Gasteiger partial charge >= 0.3 is 0 Å². The molecule has 0 unspecified atom stereocenters. The van der Waals surface area contributed by atoms with Crippen molar-refractivity contribution in [1.82, 2.24) is 10.2 Å². The van der Waals surface area contributed by atoms with Gasteiger partial charge in [-0.3, -0.25) is 9.89 Å². The number of ether oxygens (including phenoxy) is 1. The molecule has 0 atom stereocenters. The van der Waals surface area contributed by atoms with Crippen molar-refractivity contribution in [2.45, 2.75) is 13.3 Å². The smallest absolute Gasteiger partial charge is 0.152 e. The Morgan fingerprint density at radius 2 is 2.40 bits per heavy atom. The standard InChI is InChI=1S/C11H12N2O2/c1-3-7-4-8(6-14)10-9(5-12-13-10)11(7)15-2/h4-6H,3H2,1-2H3,(H,12,13). The summed E-state index contributed by atoms with van der Waals surface area (Å²) in [5.41, 5.74) is 2.38. The third-order valence-electron chi connectivity index (χ3n) is 2.51. The van der Waals surface area contributed by atoms with Gasteiger partial charge in [-0.2, -0.15) is 5.10 Å². The number of aldehydes is 1. The monoisotopic (exact) mass is 204 g/mol. The lowest BCUT2D eigenvalue weighted by Crippen LogP contribution is -1.94. The maximum Gasteiger partial charge on any atom is 0.152 e. The second-order valence-corrected chi connectivity index (χ2v) is 3.29. The molecule has 78 valence electrons. The Morgan fingerprint density at radius 1 is 1.60 bits per heavy atom. The summed E-state index contributed by atoms with van der Waals surface area (Å²) >= 11 is 0. The van der Waals surface area contributed by atoms with Crippen LogP contribution in [0, 0.1) is 0 Å². The van der Waals surface area contributed by atoms with Crippen molar-refractivity contribution in [2.24, 2.45) is 0 Å². The molecular weight excluding hydrogens is 192 g/mol. The molecule has 0 bridgehead atoms. The first-order valence-electron chi connectivity index (χ1n) is 4.80. The highest BCUT2D eigenvalue weighted by Crippen LogP contribution is 2.30. The molecule has 15 heavy (non-hydrogen) atoms. The van der Waals surface area contributed by atoms with Crippen molar-refractivity contribution in [3.8, 4) is 5.75 Å². The van der Waals surface area contributed by atoms with Crippen molar-refractivity contribution < 1.29 is 9.53 Å². The summed E-state index contributed by atoms with van der Waals surface area (Å²) in [6.45, 7) is 2.03. The number of aromatic nitrogens is 2. The van der Waals surface area contributed by atoms with Gasteiger partial charge in [-0.1, -0.05) is 6.92 Å². The molecule has 0 radical (unpaired) electrons. The Labute approximate surface area is 87.2 Å². The maximum absolute atomic E-state index is 10.9. The van der Waals surface area contributed by atoms with Crippen LogP contribution in [-0.4, -0.2) is 23.6 Å². The number of carbonyl (C=O) groups excluding carboxylic acids is 1. The van der Waals surface area contributed by atoms with Crippen LogP contribution in [0.1, 0.15) is 22.8 Å². The van der Waals surface area contributed by atoms with Gasteiger partial charge in [-0.15, -0.1) is 0 Å². The quantitative estimate of drug-likeness (QED) is 0.777. The Bertz CT molecular complexity index is 503. The third kappa shape index (κ3) is 1.38. The number of hydrogen-bond donors (Lipinski definition) is 1. The molecule has 2 rings (SSSR count). The van der Waals surface area contributed by atoms with Gasteiger partial charge in [-0.25, -0.2) is 0 Å². The average Bonchev–Trinajstić information content (AvgIpc) is 2.75. The fraction of sp³-hybridized carbons (Fsp3) is 0.273. The largest absolute Gasteiger partial charge is 0.496 e. The van der Waals surface area contributed by atoms with Gasteiger partial charge in [0.1, 0.15) is 5.75 Å². The van der Waals surface area contributed by atoms with Crippen molar-refractivity contribution in [3.63, 3.8) is 0 Å². The van der Waals surface area contributed by atoms with Crippen LogP contribution >= 0.6 is 0 Å². The zero-order chi connectivity index (χ0) is 10.8. The van der Waals surface area contributed by atoms with E-state index in [4.69, 9.17) is 4.74 Å². The molecule has 0 amide bonds. The number of carbonyl (C=O) groups is 1. The number of rotatable bonds is 3. The van der Waals surface area contributed by atoms with Crippen LogP contribution in [0.5, 0.6) is 5.75 Å². The highest BCUT2D eigenvalue weighted by Gasteiger charge is 2.12. The van der Waals surface area contributed by atoms with E-state index in [9.17, 15) is 4.79 Å². The maximum atomic E-state index is 10.9. The lowest BCUT2D eigenvalue weighted by Gasteiger charge is -2.08. The Morgan fingerprint density at radius 3 is 3.00 bits per heavy atom. The molecule has 1 aromatic heterocycles. The van der Waals surface area contributed by atoms with Crippen LogP contribution in [0.2, 0.25) is 0 Å². The first kappa shape index (κ1) is 9.71. The zero-order valence-electron chi connectivity index (χ0n) is 8.70. The number of methoxy groups -OCH3 is 1. The number of hydrogen-bond acceptors (Lipinski definition) is 3. The molecular formula is C11H12N2O2. The number of aryl methyl sites for hydroxylation is 1. The summed E-state index contributed by atoms with van der Waals surface area (Å²) in [7, 11) is 1.63. The number of benzene rings is 1. The summed E-state index contributed by atoms with van der Waals surface area (Å²) in [6.07, 6.45) is 3.34. The minimum atomic E-state index is 0.625. The fourth-order valence-corrected chi connectivity index (χ4v) is 1.77. The predicted octanol–water partition coefficient (Wildman–Crippen LogP) is 1.95. The molecule has 2 aromatic rings. The molecule has 0 aliphatic rings. The molecule has 0 fully saturated rings. The van der Waals surface area contributed by atoms with E-state index in [-0.39, 0.29) is 0 Å². The van der Waals surface area contributed by atoms with E-state index in [0.29, 0.717) is 5.56 Å². The van der Waals surface area contributed by atoms with Crippen LogP contribution < -0.4 is 4.74 Å². The lowest BCUT2D eigenvalue weighted by atomic mass is 10.0. The van der Waals surface area contributed by atoms with Crippen LogP contribution in [0.25, 0.3) is 10.9 Å². The Hall–Kier alpha value is -1.84. The van der Waals surface area contributed by atoms with Crippen molar-refractivity contribution in [1.29, 1.82) is 0 Å². The lowest BCUT2D eigenvalue weighted by molar-refractivity contribution is 0.112. The molecule has 1 heterocycles. The molecule has 1 aromatic carbocycles. The Balaban J connectivity index is 2.84. The normalized spacial score (nSPS) is 10.5. The van der Waals surface area contributed by atoms with Gasteiger partial charge in [-0.05, 0) is 18.1 Å². The second-order valence-electron chi connectivity index (χ2n) is 3.29. The summed E-state index contributed by atoms with van der Waals surface area (Å²) in [6, 6.07) is 1.84. The summed E-state index contributed by atoms with van der Waals surface area (Å²) in [4.78, 5) is 10.9. The molecule has 1 N–H and O–H groups in total. The van der Waals surface area contributed by atoms with Gasteiger partial charge in [0.2, 0.25) is 0 Å². The molecule has 0 aliphatic heterocycles. The number of H-pyrrole nitrogens is 1. The first-order valence-corrected chi connectivity index (χ1v) is 4.80. The molecule has 0 saturated carbocycles. The molecule has 4 heteroatoms. The van der Waals surface area contributed by atoms with Gasteiger partial charge in [0.15, 0.2) is 6.29 Å². The van der Waals surface area contributed by atoms with E-state index in [0.717, 1.165) is 34.9 Å². The van der Waals surface area contributed by atoms with Gasteiger partial charge in [0.25, 0.3) is 0 Å². The van der Waals surface area contributed by atoms with Crippen LogP contribution in [0.4, 0.5) is 0 Å².